The second-order valence-electron chi connectivity index (χ2n) is 6.86. The van der Waals surface area contributed by atoms with Gasteiger partial charge in [-0.05, 0) is 41.0 Å². The third kappa shape index (κ3) is 4.71. The molecule has 0 unspecified atom stereocenters. The maximum absolute atomic E-state index is 12.7. The van der Waals surface area contributed by atoms with Gasteiger partial charge in [-0.2, -0.15) is 0 Å². The Balaban J connectivity index is 1.30. The molecule has 0 fully saturated rings. The van der Waals surface area contributed by atoms with Crippen molar-refractivity contribution in [3.63, 3.8) is 0 Å². The molecule has 0 saturated heterocycles. The number of pyridine rings is 2. The van der Waals surface area contributed by atoms with Gasteiger partial charge < -0.3 is 5.32 Å². The molecule has 0 aliphatic rings. The van der Waals surface area contributed by atoms with Gasteiger partial charge in [-0.15, -0.1) is 0 Å². The zero-order valence-corrected chi connectivity index (χ0v) is 17.1. The average molecular weight is 419 g/mol. The van der Waals surface area contributed by atoms with Crippen LogP contribution in [-0.2, 0) is 16.6 Å². The Bertz CT molecular complexity index is 1220. The standard InChI is InChI=1S/C23H22N4O2S/c28-30(29,23-3-1-2-21-17-25-13-10-22(21)23)27-15-14-26-16-18-4-6-19(7-5-18)20-8-11-24-12-9-20/h1-13,17,26-27H,14-16H2. The second kappa shape index (κ2) is 9.13. The number of rotatable bonds is 8. The number of nitrogens with one attached hydrogen (secondary N) is 2. The summed E-state index contributed by atoms with van der Waals surface area (Å²) in [6.07, 6.45) is 6.82. The quantitative estimate of drug-likeness (QED) is 0.429. The number of hydrogen-bond acceptors (Lipinski definition) is 5. The molecule has 2 heterocycles. The highest BCUT2D eigenvalue weighted by atomic mass is 32.2. The minimum atomic E-state index is -3.59. The summed E-state index contributed by atoms with van der Waals surface area (Å²) in [5.74, 6) is 0. The number of nitrogens with zero attached hydrogens (tertiary/aromatic N) is 2. The van der Waals surface area contributed by atoms with Gasteiger partial charge in [0.2, 0.25) is 10.0 Å². The molecule has 4 rings (SSSR count). The summed E-state index contributed by atoms with van der Waals surface area (Å²) >= 11 is 0. The maximum atomic E-state index is 12.7. The molecule has 0 aliphatic carbocycles. The van der Waals surface area contributed by atoms with Gasteiger partial charge in [0.15, 0.2) is 0 Å². The molecule has 0 spiro atoms. The maximum Gasteiger partial charge on any atom is 0.241 e. The second-order valence-corrected chi connectivity index (χ2v) is 8.60. The van der Waals surface area contributed by atoms with Crippen LogP contribution >= 0.6 is 0 Å². The van der Waals surface area contributed by atoms with Gasteiger partial charge in [-0.3, -0.25) is 9.97 Å². The van der Waals surface area contributed by atoms with E-state index in [4.69, 9.17) is 0 Å². The van der Waals surface area contributed by atoms with Crippen molar-refractivity contribution in [1.29, 1.82) is 0 Å². The van der Waals surface area contributed by atoms with Crippen LogP contribution in [-0.4, -0.2) is 31.5 Å². The Morgan fingerprint density at radius 1 is 0.767 bits per heavy atom. The first kappa shape index (κ1) is 20.2. The molecule has 0 atom stereocenters. The number of hydrogen-bond donors (Lipinski definition) is 2. The summed E-state index contributed by atoms with van der Waals surface area (Å²) in [7, 11) is -3.59. The van der Waals surface area contributed by atoms with Crippen molar-refractivity contribution in [2.45, 2.75) is 11.4 Å². The van der Waals surface area contributed by atoms with Crippen molar-refractivity contribution < 1.29 is 8.42 Å². The van der Waals surface area contributed by atoms with Crippen LogP contribution in [0.1, 0.15) is 5.56 Å². The van der Waals surface area contributed by atoms with E-state index >= 15 is 0 Å². The van der Waals surface area contributed by atoms with Crippen molar-refractivity contribution in [2.24, 2.45) is 0 Å². The molecule has 0 saturated carbocycles. The summed E-state index contributed by atoms with van der Waals surface area (Å²) in [6.45, 7) is 1.49. The summed E-state index contributed by atoms with van der Waals surface area (Å²) in [4.78, 5) is 8.35. The molecule has 0 aliphatic heterocycles. The first-order valence-electron chi connectivity index (χ1n) is 9.66. The highest BCUT2D eigenvalue weighted by Crippen LogP contribution is 2.21. The monoisotopic (exact) mass is 418 g/mol. The lowest BCUT2D eigenvalue weighted by Crippen LogP contribution is -2.31. The molecule has 4 aromatic rings. The van der Waals surface area contributed by atoms with Crippen molar-refractivity contribution in [1.82, 2.24) is 20.0 Å². The van der Waals surface area contributed by atoms with Crippen LogP contribution in [0.5, 0.6) is 0 Å². The van der Waals surface area contributed by atoms with Crippen molar-refractivity contribution in [3.8, 4) is 11.1 Å². The lowest BCUT2D eigenvalue weighted by atomic mass is 10.1. The molecule has 2 N–H and O–H groups in total. The minimum absolute atomic E-state index is 0.272. The van der Waals surface area contributed by atoms with E-state index in [0.717, 1.165) is 22.1 Å². The number of fused-ring (bicyclic) bond motifs is 1. The third-order valence-electron chi connectivity index (χ3n) is 4.82. The lowest BCUT2D eigenvalue weighted by molar-refractivity contribution is 0.577. The number of sulfonamides is 1. The highest BCUT2D eigenvalue weighted by molar-refractivity contribution is 7.89. The van der Waals surface area contributed by atoms with E-state index in [2.05, 4.69) is 44.3 Å². The van der Waals surface area contributed by atoms with Crippen LogP contribution in [0, 0.1) is 0 Å². The van der Waals surface area contributed by atoms with Crippen LogP contribution in [0.15, 0.2) is 90.3 Å². The first-order chi connectivity index (χ1) is 14.6. The molecule has 0 radical (unpaired) electrons. The number of benzene rings is 2. The van der Waals surface area contributed by atoms with Gasteiger partial charge in [-0.1, -0.05) is 36.4 Å². The zero-order chi connectivity index (χ0) is 20.8. The molecule has 6 nitrogen and oxygen atoms in total. The van der Waals surface area contributed by atoms with Crippen LogP contribution in [0.2, 0.25) is 0 Å². The third-order valence-corrected chi connectivity index (χ3v) is 6.34. The number of aromatic nitrogens is 2. The van der Waals surface area contributed by atoms with Gasteiger partial charge in [0.05, 0.1) is 4.90 Å². The average Bonchev–Trinajstić information content (AvgIpc) is 2.79. The topological polar surface area (TPSA) is 84.0 Å². The Morgan fingerprint density at radius 2 is 1.50 bits per heavy atom. The molecule has 2 aromatic carbocycles. The molecular formula is C23H22N4O2S. The summed E-state index contributed by atoms with van der Waals surface area (Å²) in [5.41, 5.74) is 3.40. The normalized spacial score (nSPS) is 11.6. The highest BCUT2D eigenvalue weighted by Gasteiger charge is 2.16. The predicted molar refractivity (Wildman–Crippen MR) is 118 cm³/mol. The van der Waals surface area contributed by atoms with Crippen molar-refractivity contribution in [3.05, 3.63) is 91.0 Å². The summed E-state index contributed by atoms with van der Waals surface area (Å²) < 4.78 is 28.0. The van der Waals surface area contributed by atoms with E-state index in [-0.39, 0.29) is 4.90 Å². The summed E-state index contributed by atoms with van der Waals surface area (Å²) in [6, 6.07) is 19.1. The Kier molecular flexibility index (Phi) is 6.13. The van der Waals surface area contributed by atoms with E-state index in [0.29, 0.717) is 25.0 Å². The lowest BCUT2D eigenvalue weighted by Gasteiger charge is -2.10. The van der Waals surface area contributed by atoms with E-state index in [9.17, 15) is 8.42 Å². The van der Waals surface area contributed by atoms with E-state index in [1.165, 1.54) is 0 Å². The molecule has 2 aromatic heterocycles. The van der Waals surface area contributed by atoms with Crippen LogP contribution in [0.4, 0.5) is 0 Å². The largest absolute Gasteiger partial charge is 0.311 e. The molecule has 7 heteroatoms. The van der Waals surface area contributed by atoms with Crippen LogP contribution in [0.3, 0.4) is 0 Å². The van der Waals surface area contributed by atoms with E-state index in [1.54, 1.807) is 43.0 Å². The van der Waals surface area contributed by atoms with Gasteiger partial charge in [0.1, 0.15) is 0 Å². The Hall–Kier alpha value is -3.13. The smallest absolute Gasteiger partial charge is 0.241 e. The van der Waals surface area contributed by atoms with Crippen LogP contribution < -0.4 is 10.0 Å². The summed E-state index contributed by atoms with van der Waals surface area (Å²) in [5, 5.41) is 4.74. The predicted octanol–water partition coefficient (Wildman–Crippen LogP) is 3.36. The van der Waals surface area contributed by atoms with Gasteiger partial charge in [0, 0.05) is 55.2 Å². The van der Waals surface area contributed by atoms with Crippen molar-refractivity contribution in [2.75, 3.05) is 13.1 Å². The molecular weight excluding hydrogens is 396 g/mol. The fraction of sp³-hybridized carbons (Fsp3) is 0.130. The zero-order valence-electron chi connectivity index (χ0n) is 16.3. The fourth-order valence-corrected chi connectivity index (χ4v) is 4.53. The van der Waals surface area contributed by atoms with E-state index in [1.807, 2.05) is 18.2 Å². The fourth-order valence-electron chi connectivity index (χ4n) is 3.27. The first-order valence-corrected chi connectivity index (χ1v) is 11.1. The molecule has 0 bridgehead atoms. The molecule has 152 valence electrons. The van der Waals surface area contributed by atoms with Gasteiger partial charge in [-0.25, -0.2) is 13.1 Å². The van der Waals surface area contributed by atoms with Crippen molar-refractivity contribution >= 4 is 20.8 Å². The Labute approximate surface area is 176 Å². The molecule has 0 amide bonds. The minimum Gasteiger partial charge on any atom is -0.311 e. The van der Waals surface area contributed by atoms with Gasteiger partial charge >= 0.3 is 0 Å². The van der Waals surface area contributed by atoms with Crippen LogP contribution in [0.25, 0.3) is 21.9 Å². The Morgan fingerprint density at radius 3 is 2.30 bits per heavy atom. The molecule has 30 heavy (non-hydrogen) atoms. The van der Waals surface area contributed by atoms with E-state index < -0.39 is 10.0 Å². The SMILES string of the molecule is O=S(=O)(NCCNCc1ccc(-c2ccncc2)cc1)c1cccc2cnccc12. The van der Waals surface area contributed by atoms with Gasteiger partial charge in [0.25, 0.3) is 0 Å².